The molecule has 108 valence electrons. The molecule has 0 atom stereocenters. The Balaban J connectivity index is 2.85. The zero-order valence-corrected chi connectivity index (χ0v) is 13.5. The lowest BCUT2D eigenvalue weighted by Gasteiger charge is -2.09. The summed E-state index contributed by atoms with van der Waals surface area (Å²) < 4.78 is 10.8. The Kier molecular flexibility index (Phi) is 7.21. The minimum atomic E-state index is -1.13. The Morgan fingerprint density at radius 1 is 1.15 bits per heavy atom. The second-order valence-corrected chi connectivity index (χ2v) is 4.98. The molecule has 5 nitrogen and oxygen atoms in total. The second kappa shape index (κ2) is 8.68. The highest BCUT2D eigenvalue weighted by Crippen LogP contribution is 2.14. The first-order chi connectivity index (χ1) is 9.58. The normalized spacial score (nSPS) is 10.8. The number of benzene rings is 1. The Bertz CT molecular complexity index is 466. The number of rotatable bonds is 6. The van der Waals surface area contributed by atoms with Gasteiger partial charge in [0.15, 0.2) is 5.92 Å². The summed E-state index contributed by atoms with van der Waals surface area (Å²) in [6.45, 7) is 3.75. The number of esters is 2. The van der Waals surface area contributed by atoms with Gasteiger partial charge in [0.2, 0.25) is 0 Å². The molecule has 0 fully saturated rings. The average Bonchev–Trinajstić information content (AvgIpc) is 2.42. The van der Waals surface area contributed by atoms with E-state index in [9.17, 15) is 9.59 Å². The van der Waals surface area contributed by atoms with Gasteiger partial charge in [0.05, 0.1) is 18.9 Å². The molecule has 6 heteroatoms. The fourth-order valence-electron chi connectivity index (χ4n) is 1.37. The zero-order valence-electron chi connectivity index (χ0n) is 11.3. The monoisotopic (exact) mass is 389 g/mol. The lowest BCUT2D eigenvalue weighted by molar-refractivity contribution is -0.157. The maximum absolute atomic E-state index is 11.7. The summed E-state index contributed by atoms with van der Waals surface area (Å²) in [7, 11) is 0. The summed E-state index contributed by atoms with van der Waals surface area (Å²) in [5.41, 5.74) is 0.656. The van der Waals surface area contributed by atoms with Crippen LogP contribution in [-0.2, 0) is 19.1 Å². The number of carbonyl (C=O) groups excluding carboxylic acids is 2. The molecule has 1 aromatic carbocycles. The van der Waals surface area contributed by atoms with E-state index in [1.54, 1.807) is 26.0 Å². The van der Waals surface area contributed by atoms with Gasteiger partial charge in [0.25, 0.3) is 0 Å². The van der Waals surface area contributed by atoms with Gasteiger partial charge in [0.1, 0.15) is 0 Å². The first-order valence-corrected chi connectivity index (χ1v) is 7.29. The number of nitrogens with zero attached hydrogens (tertiary/aromatic N) is 1. The van der Waals surface area contributed by atoms with Crippen LogP contribution in [0.25, 0.3) is 0 Å². The van der Waals surface area contributed by atoms with E-state index in [4.69, 9.17) is 9.47 Å². The molecule has 0 spiro atoms. The molecule has 0 aliphatic heterocycles. The smallest absolute Gasteiger partial charge is 0.325 e. The van der Waals surface area contributed by atoms with Crippen molar-refractivity contribution in [3.8, 4) is 0 Å². The molecule has 0 heterocycles. The Morgan fingerprint density at radius 3 is 2.10 bits per heavy atom. The standard InChI is InChI=1S/C14H16INO4/c1-3-19-13(17)12(14(18)20-4-2)9-16-11-7-5-10(15)6-8-11/h5-9,12H,3-4H2,1-2H3. The van der Waals surface area contributed by atoms with E-state index in [1.165, 1.54) is 6.21 Å². The van der Waals surface area contributed by atoms with Crippen LogP contribution in [-0.4, -0.2) is 31.4 Å². The van der Waals surface area contributed by atoms with Crippen molar-refractivity contribution in [2.24, 2.45) is 10.9 Å². The van der Waals surface area contributed by atoms with E-state index in [0.29, 0.717) is 5.69 Å². The predicted octanol–water partition coefficient (Wildman–Crippen LogP) is 2.74. The van der Waals surface area contributed by atoms with Gasteiger partial charge >= 0.3 is 11.9 Å². The lowest BCUT2D eigenvalue weighted by atomic mass is 10.1. The molecule has 0 aromatic heterocycles. The Hall–Kier alpha value is -1.44. The van der Waals surface area contributed by atoms with Crippen molar-refractivity contribution >= 4 is 46.4 Å². The van der Waals surface area contributed by atoms with E-state index >= 15 is 0 Å². The molecular formula is C14H16INO4. The quantitative estimate of drug-likeness (QED) is 0.325. The van der Waals surface area contributed by atoms with Gasteiger partial charge in [-0.25, -0.2) is 0 Å². The van der Waals surface area contributed by atoms with Crippen LogP contribution in [0.15, 0.2) is 29.3 Å². The van der Waals surface area contributed by atoms with Gasteiger partial charge < -0.3 is 9.47 Å². The summed E-state index contributed by atoms with van der Waals surface area (Å²) >= 11 is 2.18. The third kappa shape index (κ3) is 5.28. The topological polar surface area (TPSA) is 65.0 Å². The molecule has 20 heavy (non-hydrogen) atoms. The fourth-order valence-corrected chi connectivity index (χ4v) is 1.73. The minimum Gasteiger partial charge on any atom is -0.465 e. The summed E-state index contributed by atoms with van der Waals surface area (Å²) in [6, 6.07) is 7.37. The summed E-state index contributed by atoms with van der Waals surface area (Å²) in [5.74, 6) is -2.44. The Labute approximate surface area is 131 Å². The van der Waals surface area contributed by atoms with Crippen molar-refractivity contribution in [2.45, 2.75) is 13.8 Å². The highest BCUT2D eigenvalue weighted by molar-refractivity contribution is 14.1. The van der Waals surface area contributed by atoms with Crippen molar-refractivity contribution < 1.29 is 19.1 Å². The summed E-state index contributed by atoms with van der Waals surface area (Å²) in [6.07, 6.45) is 1.26. The van der Waals surface area contributed by atoms with E-state index in [0.717, 1.165) is 3.57 Å². The summed E-state index contributed by atoms with van der Waals surface area (Å²) in [4.78, 5) is 27.6. The van der Waals surface area contributed by atoms with Gasteiger partial charge in [-0.15, -0.1) is 0 Å². The number of carbonyl (C=O) groups is 2. The number of hydrogen-bond acceptors (Lipinski definition) is 5. The van der Waals surface area contributed by atoms with E-state index in [2.05, 4.69) is 27.6 Å². The summed E-state index contributed by atoms with van der Waals surface area (Å²) in [5, 5.41) is 0. The van der Waals surface area contributed by atoms with Crippen LogP contribution in [0, 0.1) is 9.49 Å². The number of hydrogen-bond donors (Lipinski definition) is 0. The van der Waals surface area contributed by atoms with Crippen molar-refractivity contribution in [3.63, 3.8) is 0 Å². The predicted molar refractivity (Wildman–Crippen MR) is 84.1 cm³/mol. The molecule has 0 unspecified atom stereocenters. The van der Waals surface area contributed by atoms with Crippen molar-refractivity contribution in [2.75, 3.05) is 13.2 Å². The van der Waals surface area contributed by atoms with E-state index < -0.39 is 17.9 Å². The molecule has 1 rings (SSSR count). The molecule has 1 aromatic rings. The maximum Gasteiger partial charge on any atom is 0.325 e. The number of ether oxygens (including phenoxy) is 2. The Morgan fingerprint density at radius 2 is 1.65 bits per heavy atom. The van der Waals surface area contributed by atoms with Crippen LogP contribution >= 0.6 is 22.6 Å². The van der Waals surface area contributed by atoms with Gasteiger partial charge in [-0.2, -0.15) is 0 Å². The highest BCUT2D eigenvalue weighted by atomic mass is 127. The van der Waals surface area contributed by atoms with Crippen molar-refractivity contribution in [1.82, 2.24) is 0 Å². The molecule has 0 saturated carbocycles. The molecule has 0 amide bonds. The van der Waals surface area contributed by atoms with Crippen LogP contribution in [0.2, 0.25) is 0 Å². The first kappa shape index (κ1) is 16.6. The van der Waals surface area contributed by atoms with Crippen LogP contribution in [0.1, 0.15) is 13.8 Å². The van der Waals surface area contributed by atoms with E-state index in [1.807, 2.05) is 12.1 Å². The fraction of sp³-hybridized carbons (Fsp3) is 0.357. The third-order valence-corrected chi connectivity index (χ3v) is 3.00. The van der Waals surface area contributed by atoms with E-state index in [-0.39, 0.29) is 13.2 Å². The van der Waals surface area contributed by atoms with Crippen LogP contribution < -0.4 is 0 Å². The minimum absolute atomic E-state index is 0.201. The van der Waals surface area contributed by atoms with Crippen molar-refractivity contribution in [3.05, 3.63) is 27.8 Å². The molecule has 0 radical (unpaired) electrons. The molecule has 0 aliphatic rings. The lowest BCUT2D eigenvalue weighted by Crippen LogP contribution is -2.29. The molecule has 0 saturated heterocycles. The highest BCUT2D eigenvalue weighted by Gasteiger charge is 2.27. The zero-order chi connectivity index (χ0) is 15.0. The van der Waals surface area contributed by atoms with Crippen LogP contribution in [0.4, 0.5) is 5.69 Å². The number of halogens is 1. The average molecular weight is 389 g/mol. The van der Waals surface area contributed by atoms with Crippen molar-refractivity contribution in [1.29, 1.82) is 0 Å². The number of aliphatic imine (C=N–C) groups is 1. The van der Waals surface area contributed by atoms with Gasteiger partial charge in [-0.05, 0) is 60.7 Å². The van der Waals surface area contributed by atoms with Gasteiger partial charge in [-0.3, -0.25) is 14.6 Å². The van der Waals surface area contributed by atoms with Crippen LogP contribution in [0.5, 0.6) is 0 Å². The third-order valence-electron chi connectivity index (χ3n) is 2.28. The molecular weight excluding hydrogens is 373 g/mol. The molecule has 0 aliphatic carbocycles. The van der Waals surface area contributed by atoms with Gasteiger partial charge in [-0.1, -0.05) is 0 Å². The SMILES string of the molecule is CCOC(=O)C(C=Nc1ccc(I)cc1)C(=O)OCC. The second-order valence-electron chi connectivity index (χ2n) is 3.74. The molecule has 0 bridgehead atoms. The maximum atomic E-state index is 11.7. The molecule has 0 N–H and O–H groups in total. The first-order valence-electron chi connectivity index (χ1n) is 6.21. The van der Waals surface area contributed by atoms with Gasteiger partial charge in [0, 0.05) is 9.78 Å². The van der Waals surface area contributed by atoms with Crippen LogP contribution in [0.3, 0.4) is 0 Å². The largest absolute Gasteiger partial charge is 0.465 e.